The number of hydrogen-bond donors (Lipinski definition) is 2. The summed E-state index contributed by atoms with van der Waals surface area (Å²) in [6.07, 6.45) is 2.69. The van der Waals surface area contributed by atoms with Gasteiger partial charge in [0.15, 0.2) is 5.65 Å². The van der Waals surface area contributed by atoms with Gasteiger partial charge in [-0.25, -0.2) is 4.98 Å². The highest BCUT2D eigenvalue weighted by molar-refractivity contribution is 5.99. The molecule has 1 amide bonds. The minimum Gasteiger partial charge on any atom is -0.381 e. The number of nitrogens with two attached hydrogens (primary N) is 1. The topological polar surface area (TPSA) is 95.1 Å². The fourth-order valence-electron chi connectivity index (χ4n) is 2.59. The lowest BCUT2D eigenvalue weighted by Gasteiger charge is -2.31. The van der Waals surface area contributed by atoms with Gasteiger partial charge < -0.3 is 15.8 Å². The first-order valence-electron chi connectivity index (χ1n) is 6.97. The Kier molecular flexibility index (Phi) is 3.38. The first-order chi connectivity index (χ1) is 9.99. The van der Waals surface area contributed by atoms with Crippen LogP contribution in [-0.4, -0.2) is 39.4 Å². The summed E-state index contributed by atoms with van der Waals surface area (Å²) in [5.74, 6) is -0.187. The van der Waals surface area contributed by atoms with Gasteiger partial charge in [0.1, 0.15) is 5.54 Å². The van der Waals surface area contributed by atoms with E-state index in [4.69, 9.17) is 10.5 Å². The number of ether oxygens (including phenoxy) is 1. The number of carbonyl (C=O) groups excluding carboxylic acids is 1. The van der Waals surface area contributed by atoms with Crippen LogP contribution in [0.2, 0.25) is 0 Å². The zero-order chi connectivity index (χ0) is 15.0. The minimum atomic E-state index is -0.864. The van der Waals surface area contributed by atoms with Gasteiger partial charge in [-0.15, -0.1) is 0 Å². The van der Waals surface area contributed by atoms with Crippen LogP contribution in [0.3, 0.4) is 0 Å². The average molecular weight is 289 g/mol. The zero-order valence-electron chi connectivity index (χ0n) is 12.2. The maximum atomic E-state index is 12.4. The van der Waals surface area contributed by atoms with Crippen molar-refractivity contribution in [3.05, 3.63) is 18.0 Å². The lowest BCUT2D eigenvalue weighted by atomic mass is 9.90. The van der Waals surface area contributed by atoms with E-state index in [0.29, 0.717) is 31.7 Å². The highest BCUT2D eigenvalue weighted by Crippen LogP contribution is 2.22. The summed E-state index contributed by atoms with van der Waals surface area (Å²) >= 11 is 0. The molecule has 1 fully saturated rings. The van der Waals surface area contributed by atoms with E-state index in [1.165, 1.54) is 0 Å². The lowest BCUT2D eigenvalue weighted by molar-refractivity contribution is -0.124. The van der Waals surface area contributed by atoms with Crippen LogP contribution in [0.4, 0.5) is 5.69 Å². The normalized spacial score (nSPS) is 17.9. The van der Waals surface area contributed by atoms with Crippen LogP contribution in [0.15, 0.2) is 12.3 Å². The molecule has 0 aliphatic carbocycles. The van der Waals surface area contributed by atoms with Crippen LogP contribution in [0.25, 0.3) is 11.0 Å². The second-order valence-corrected chi connectivity index (χ2v) is 5.53. The number of nitrogens with one attached hydrogen (secondary N) is 1. The summed E-state index contributed by atoms with van der Waals surface area (Å²) in [5.41, 5.74) is 7.61. The highest BCUT2D eigenvalue weighted by atomic mass is 16.5. The van der Waals surface area contributed by atoms with Crippen molar-refractivity contribution in [1.82, 2.24) is 14.8 Å². The molecule has 1 aliphatic rings. The molecule has 0 spiro atoms. The summed E-state index contributed by atoms with van der Waals surface area (Å²) in [6, 6.07) is 1.88. The molecular formula is C14H19N5O2. The van der Waals surface area contributed by atoms with Crippen molar-refractivity contribution in [3.63, 3.8) is 0 Å². The fourth-order valence-corrected chi connectivity index (χ4v) is 2.59. The van der Waals surface area contributed by atoms with Crippen molar-refractivity contribution in [1.29, 1.82) is 0 Å². The van der Waals surface area contributed by atoms with Crippen LogP contribution in [0, 0.1) is 6.92 Å². The van der Waals surface area contributed by atoms with Crippen molar-refractivity contribution in [2.24, 2.45) is 12.8 Å². The van der Waals surface area contributed by atoms with Crippen LogP contribution < -0.4 is 11.1 Å². The first-order valence-corrected chi connectivity index (χ1v) is 6.97. The van der Waals surface area contributed by atoms with Gasteiger partial charge in [-0.3, -0.25) is 9.48 Å². The molecule has 3 N–H and O–H groups in total. The molecule has 0 atom stereocenters. The van der Waals surface area contributed by atoms with E-state index in [2.05, 4.69) is 15.4 Å². The number of aryl methyl sites for hydroxylation is 2. The zero-order valence-corrected chi connectivity index (χ0v) is 12.2. The first kappa shape index (κ1) is 14.0. The maximum absolute atomic E-state index is 12.4. The second-order valence-electron chi connectivity index (χ2n) is 5.53. The third-order valence-corrected chi connectivity index (χ3v) is 3.96. The van der Waals surface area contributed by atoms with E-state index in [9.17, 15) is 4.79 Å². The van der Waals surface area contributed by atoms with E-state index >= 15 is 0 Å². The number of carbonyl (C=O) groups is 1. The molecule has 2 aromatic heterocycles. The van der Waals surface area contributed by atoms with Crippen molar-refractivity contribution in [2.75, 3.05) is 18.5 Å². The van der Waals surface area contributed by atoms with Crippen LogP contribution in [-0.2, 0) is 16.6 Å². The van der Waals surface area contributed by atoms with Crippen LogP contribution in [0.5, 0.6) is 0 Å². The Balaban J connectivity index is 1.84. The molecule has 112 valence electrons. The van der Waals surface area contributed by atoms with Gasteiger partial charge in [0.2, 0.25) is 5.91 Å². The Morgan fingerprint density at radius 3 is 2.90 bits per heavy atom. The molecule has 7 heteroatoms. The monoisotopic (exact) mass is 289 g/mol. The summed E-state index contributed by atoms with van der Waals surface area (Å²) in [6.45, 7) is 2.95. The Labute approximate surface area is 122 Å². The quantitative estimate of drug-likeness (QED) is 0.849. The van der Waals surface area contributed by atoms with Gasteiger partial charge in [-0.05, 0) is 25.8 Å². The summed E-state index contributed by atoms with van der Waals surface area (Å²) < 4.78 is 6.98. The second kappa shape index (κ2) is 5.09. The molecule has 0 saturated carbocycles. The minimum absolute atomic E-state index is 0.187. The number of hydrogen-bond acceptors (Lipinski definition) is 5. The third-order valence-electron chi connectivity index (χ3n) is 3.96. The maximum Gasteiger partial charge on any atom is 0.244 e. The van der Waals surface area contributed by atoms with Gasteiger partial charge in [0, 0.05) is 25.6 Å². The molecule has 2 aromatic rings. The Hall–Kier alpha value is -1.99. The molecule has 21 heavy (non-hydrogen) atoms. The highest BCUT2D eigenvalue weighted by Gasteiger charge is 2.36. The number of aromatic nitrogens is 3. The van der Waals surface area contributed by atoms with Crippen molar-refractivity contribution < 1.29 is 9.53 Å². The molecule has 0 bridgehead atoms. The lowest BCUT2D eigenvalue weighted by Crippen LogP contribution is -2.54. The molecule has 3 rings (SSSR count). The molecule has 0 radical (unpaired) electrons. The number of fused-ring (bicyclic) bond motifs is 1. The summed E-state index contributed by atoms with van der Waals surface area (Å²) in [5, 5.41) is 8.10. The van der Waals surface area contributed by atoms with Gasteiger partial charge >= 0.3 is 0 Å². The number of pyridine rings is 1. The smallest absolute Gasteiger partial charge is 0.244 e. The number of nitrogens with zero attached hydrogens (tertiary/aromatic N) is 3. The molecule has 0 aromatic carbocycles. The Morgan fingerprint density at radius 2 is 2.19 bits per heavy atom. The third kappa shape index (κ3) is 2.50. The van der Waals surface area contributed by atoms with Crippen molar-refractivity contribution >= 4 is 22.6 Å². The van der Waals surface area contributed by atoms with Gasteiger partial charge in [-0.2, -0.15) is 5.10 Å². The van der Waals surface area contributed by atoms with Crippen LogP contribution in [0.1, 0.15) is 18.5 Å². The van der Waals surface area contributed by atoms with E-state index < -0.39 is 5.54 Å². The largest absolute Gasteiger partial charge is 0.381 e. The fraction of sp³-hybridized carbons (Fsp3) is 0.500. The van der Waals surface area contributed by atoms with Gasteiger partial charge in [-0.1, -0.05) is 0 Å². The summed E-state index contributed by atoms with van der Waals surface area (Å²) in [4.78, 5) is 16.7. The van der Waals surface area contributed by atoms with Gasteiger partial charge in [0.25, 0.3) is 0 Å². The van der Waals surface area contributed by atoms with E-state index in [1.54, 1.807) is 10.9 Å². The Bertz CT molecular complexity index is 688. The number of rotatable bonds is 2. The SMILES string of the molecule is Cc1nn(C)c2ncc(NC(=O)C3(N)CCOCC3)cc12. The number of amides is 1. The average Bonchev–Trinajstić information content (AvgIpc) is 2.74. The molecule has 1 aliphatic heterocycles. The number of anilines is 1. The van der Waals surface area contributed by atoms with E-state index in [-0.39, 0.29) is 5.91 Å². The molecule has 7 nitrogen and oxygen atoms in total. The Morgan fingerprint density at radius 1 is 1.48 bits per heavy atom. The van der Waals surface area contributed by atoms with Crippen molar-refractivity contribution in [2.45, 2.75) is 25.3 Å². The molecule has 3 heterocycles. The predicted molar refractivity (Wildman–Crippen MR) is 78.8 cm³/mol. The van der Waals surface area contributed by atoms with E-state index in [0.717, 1.165) is 16.7 Å². The van der Waals surface area contributed by atoms with E-state index in [1.807, 2.05) is 20.0 Å². The van der Waals surface area contributed by atoms with Gasteiger partial charge in [0.05, 0.1) is 17.6 Å². The van der Waals surface area contributed by atoms with Crippen molar-refractivity contribution in [3.8, 4) is 0 Å². The molecular weight excluding hydrogens is 270 g/mol. The molecule has 0 unspecified atom stereocenters. The summed E-state index contributed by atoms with van der Waals surface area (Å²) in [7, 11) is 1.84. The predicted octanol–water partition coefficient (Wildman–Crippen LogP) is 0.723. The standard InChI is InChI=1S/C14H19N5O2/c1-9-11-7-10(8-16-12(11)19(2)18-9)17-13(20)14(15)3-5-21-6-4-14/h7-8H,3-6,15H2,1-2H3,(H,17,20). The van der Waals surface area contributed by atoms with Crippen LogP contribution >= 0.6 is 0 Å². The molecule has 1 saturated heterocycles.